The summed E-state index contributed by atoms with van der Waals surface area (Å²) in [5, 5.41) is 30.1. The number of hydrogen-bond acceptors (Lipinski definition) is 3. The fourth-order valence-corrected chi connectivity index (χ4v) is 4.96. The van der Waals surface area contributed by atoms with Crippen molar-refractivity contribution in [3.8, 4) is 0 Å². The standard InChI is InChI=1S/C18H22O3/c1-18-7-6-13-12-5-3-11(19)8-10(12)2-4-14(13)15(18)9-16(20)17(18)21/h2-3,5-6,8,12,14-17,19-21H,4,7,9H2,1H3/t12-,14+,15-,16+,17-,18-/m0/s1. The molecule has 0 heterocycles. The Kier molecular flexibility index (Phi) is 2.76. The van der Waals surface area contributed by atoms with Crippen molar-refractivity contribution in [3.05, 3.63) is 47.3 Å². The first-order valence-corrected chi connectivity index (χ1v) is 7.85. The lowest BCUT2D eigenvalue weighted by Gasteiger charge is -2.46. The van der Waals surface area contributed by atoms with Gasteiger partial charge in [-0.1, -0.05) is 30.7 Å². The zero-order chi connectivity index (χ0) is 14.8. The topological polar surface area (TPSA) is 60.7 Å². The van der Waals surface area contributed by atoms with E-state index in [0.717, 1.165) is 12.8 Å². The molecule has 0 aromatic heterocycles. The van der Waals surface area contributed by atoms with E-state index in [0.29, 0.717) is 24.0 Å². The number of allylic oxidation sites excluding steroid dienone is 7. The summed E-state index contributed by atoms with van der Waals surface area (Å²) >= 11 is 0. The fraction of sp³-hybridized carbons (Fsp3) is 0.556. The molecule has 0 aromatic rings. The second-order valence-corrected chi connectivity index (χ2v) is 7.22. The van der Waals surface area contributed by atoms with Crippen LogP contribution in [0.25, 0.3) is 0 Å². The normalized spacial score (nSPS) is 47.8. The zero-order valence-corrected chi connectivity index (χ0v) is 12.2. The van der Waals surface area contributed by atoms with E-state index >= 15 is 0 Å². The van der Waals surface area contributed by atoms with Gasteiger partial charge in [-0.2, -0.15) is 0 Å². The van der Waals surface area contributed by atoms with Crippen molar-refractivity contribution in [2.75, 3.05) is 0 Å². The van der Waals surface area contributed by atoms with Crippen LogP contribution in [0, 0.1) is 23.2 Å². The van der Waals surface area contributed by atoms with Crippen LogP contribution in [-0.2, 0) is 0 Å². The molecule has 3 nitrogen and oxygen atoms in total. The summed E-state index contributed by atoms with van der Waals surface area (Å²) in [5.41, 5.74) is 2.39. The van der Waals surface area contributed by atoms with Gasteiger partial charge in [-0.15, -0.1) is 0 Å². The van der Waals surface area contributed by atoms with Crippen molar-refractivity contribution in [3.63, 3.8) is 0 Å². The molecule has 0 spiro atoms. The van der Waals surface area contributed by atoms with Gasteiger partial charge in [-0.05, 0) is 48.8 Å². The van der Waals surface area contributed by atoms with Crippen LogP contribution in [0.2, 0.25) is 0 Å². The van der Waals surface area contributed by atoms with Gasteiger partial charge in [-0.25, -0.2) is 0 Å². The number of fused-ring (bicyclic) bond motifs is 5. The van der Waals surface area contributed by atoms with Gasteiger partial charge in [-0.3, -0.25) is 0 Å². The van der Waals surface area contributed by atoms with Crippen LogP contribution in [0.1, 0.15) is 26.2 Å². The molecule has 3 N–H and O–H groups in total. The van der Waals surface area contributed by atoms with Gasteiger partial charge < -0.3 is 15.3 Å². The van der Waals surface area contributed by atoms with Crippen molar-refractivity contribution in [2.24, 2.45) is 23.2 Å². The molecule has 4 aliphatic rings. The summed E-state index contributed by atoms with van der Waals surface area (Å²) in [7, 11) is 0. The van der Waals surface area contributed by atoms with Crippen molar-refractivity contribution in [1.82, 2.24) is 0 Å². The largest absolute Gasteiger partial charge is 0.508 e. The Morgan fingerprint density at radius 2 is 2.05 bits per heavy atom. The third kappa shape index (κ3) is 1.74. The predicted octanol–water partition coefficient (Wildman–Crippen LogP) is 2.64. The highest BCUT2D eigenvalue weighted by molar-refractivity contribution is 5.46. The first-order chi connectivity index (χ1) is 10.0. The quantitative estimate of drug-likeness (QED) is 0.600. The summed E-state index contributed by atoms with van der Waals surface area (Å²) in [5.74, 6) is 1.33. The molecule has 21 heavy (non-hydrogen) atoms. The molecule has 0 amide bonds. The number of aliphatic hydroxyl groups excluding tert-OH is 3. The van der Waals surface area contributed by atoms with Gasteiger partial charge in [0.05, 0.1) is 12.2 Å². The van der Waals surface area contributed by atoms with E-state index in [1.165, 1.54) is 11.1 Å². The molecule has 4 aliphatic carbocycles. The lowest BCUT2D eigenvalue weighted by Crippen LogP contribution is -2.42. The molecule has 0 aliphatic heterocycles. The van der Waals surface area contributed by atoms with E-state index in [2.05, 4.69) is 25.2 Å². The maximum absolute atomic E-state index is 10.4. The van der Waals surface area contributed by atoms with E-state index in [-0.39, 0.29) is 11.3 Å². The van der Waals surface area contributed by atoms with Crippen LogP contribution in [-0.4, -0.2) is 27.5 Å². The minimum Gasteiger partial charge on any atom is -0.508 e. The Balaban J connectivity index is 1.73. The van der Waals surface area contributed by atoms with E-state index in [9.17, 15) is 15.3 Å². The Hall–Kier alpha value is -1.32. The Bertz CT molecular complexity index is 598. The van der Waals surface area contributed by atoms with E-state index in [1.54, 1.807) is 6.08 Å². The Morgan fingerprint density at radius 1 is 1.24 bits per heavy atom. The molecule has 0 bridgehead atoms. The molecule has 0 aromatic carbocycles. The highest BCUT2D eigenvalue weighted by atomic mass is 16.3. The zero-order valence-electron chi connectivity index (χ0n) is 12.2. The molecule has 0 unspecified atom stereocenters. The first-order valence-electron chi connectivity index (χ1n) is 7.85. The molecule has 112 valence electrons. The number of rotatable bonds is 0. The number of aliphatic hydroxyl groups is 3. The summed E-state index contributed by atoms with van der Waals surface area (Å²) in [6, 6.07) is 0. The highest BCUT2D eigenvalue weighted by Gasteiger charge is 2.56. The summed E-state index contributed by atoms with van der Waals surface area (Å²) in [4.78, 5) is 0. The van der Waals surface area contributed by atoms with Gasteiger partial charge >= 0.3 is 0 Å². The van der Waals surface area contributed by atoms with Crippen molar-refractivity contribution < 1.29 is 15.3 Å². The van der Waals surface area contributed by atoms with Crippen molar-refractivity contribution >= 4 is 0 Å². The highest BCUT2D eigenvalue weighted by Crippen LogP contribution is 2.58. The minimum atomic E-state index is -0.614. The lowest BCUT2D eigenvalue weighted by molar-refractivity contribution is -0.0277. The number of hydrogen-bond donors (Lipinski definition) is 3. The SMILES string of the molecule is C[C@]12CC=C3[C@H]4C=CC(O)=CC4=CC[C@H]3[C@@H]1C[C@@H](O)[C@@H]2O. The summed E-state index contributed by atoms with van der Waals surface area (Å²) in [6.07, 6.45) is 11.5. The molecular weight excluding hydrogens is 264 g/mol. The third-order valence-corrected chi connectivity index (χ3v) is 6.17. The van der Waals surface area contributed by atoms with Crippen LogP contribution < -0.4 is 0 Å². The van der Waals surface area contributed by atoms with Crippen LogP contribution in [0.15, 0.2) is 47.3 Å². The summed E-state index contributed by atoms with van der Waals surface area (Å²) in [6.45, 7) is 2.12. The first kappa shape index (κ1) is 13.4. The van der Waals surface area contributed by atoms with E-state index in [1.807, 2.05) is 6.08 Å². The van der Waals surface area contributed by atoms with Crippen LogP contribution >= 0.6 is 0 Å². The van der Waals surface area contributed by atoms with E-state index in [4.69, 9.17) is 0 Å². The predicted molar refractivity (Wildman–Crippen MR) is 80.5 cm³/mol. The van der Waals surface area contributed by atoms with Gasteiger partial charge in [0, 0.05) is 11.3 Å². The van der Waals surface area contributed by atoms with Crippen molar-refractivity contribution in [2.45, 2.75) is 38.4 Å². The third-order valence-electron chi connectivity index (χ3n) is 6.17. The Labute approximate surface area is 125 Å². The van der Waals surface area contributed by atoms with E-state index < -0.39 is 12.2 Å². The van der Waals surface area contributed by atoms with Gasteiger partial charge in [0.15, 0.2) is 0 Å². The van der Waals surface area contributed by atoms with Crippen LogP contribution in [0.5, 0.6) is 0 Å². The molecule has 6 atom stereocenters. The smallest absolute Gasteiger partial charge is 0.115 e. The second kappa shape index (κ2) is 4.34. The molecule has 3 heteroatoms. The fourth-order valence-electron chi connectivity index (χ4n) is 4.96. The molecule has 4 rings (SSSR count). The molecule has 0 saturated heterocycles. The average Bonchev–Trinajstić information content (AvgIpc) is 2.70. The van der Waals surface area contributed by atoms with Crippen LogP contribution in [0.3, 0.4) is 0 Å². The van der Waals surface area contributed by atoms with Gasteiger partial charge in [0.25, 0.3) is 0 Å². The Morgan fingerprint density at radius 3 is 2.86 bits per heavy atom. The average molecular weight is 286 g/mol. The molecule has 1 fully saturated rings. The maximum atomic E-state index is 10.4. The van der Waals surface area contributed by atoms with Crippen LogP contribution in [0.4, 0.5) is 0 Å². The van der Waals surface area contributed by atoms with Crippen molar-refractivity contribution in [1.29, 1.82) is 0 Å². The summed E-state index contributed by atoms with van der Waals surface area (Å²) < 4.78 is 0. The van der Waals surface area contributed by atoms with Gasteiger partial charge in [0.2, 0.25) is 0 Å². The maximum Gasteiger partial charge on any atom is 0.115 e. The molecular formula is C18H22O3. The second-order valence-electron chi connectivity index (χ2n) is 7.22. The molecule has 0 radical (unpaired) electrons. The molecule has 1 saturated carbocycles. The monoisotopic (exact) mass is 286 g/mol. The van der Waals surface area contributed by atoms with Gasteiger partial charge in [0.1, 0.15) is 5.76 Å². The minimum absolute atomic E-state index is 0.199. The lowest BCUT2D eigenvalue weighted by atomic mass is 9.58.